The molecule has 3 nitrogen and oxygen atoms in total. The third-order valence-electron chi connectivity index (χ3n) is 3.37. The number of hydrogen-bond donors (Lipinski definition) is 2. The van der Waals surface area contributed by atoms with E-state index in [1.54, 1.807) is 0 Å². The van der Waals surface area contributed by atoms with Crippen molar-refractivity contribution in [2.45, 2.75) is 58.8 Å². The van der Waals surface area contributed by atoms with Crippen molar-refractivity contribution < 1.29 is 4.79 Å². The lowest BCUT2D eigenvalue weighted by atomic mass is 9.87. The summed E-state index contributed by atoms with van der Waals surface area (Å²) >= 11 is 0. The Kier molecular flexibility index (Phi) is 6.73. The fraction of sp³-hybridized carbons (Fsp3) is 0.588. The Balaban J connectivity index is 2.37. The zero-order valence-electron chi connectivity index (χ0n) is 13.3. The predicted molar refractivity (Wildman–Crippen MR) is 84.8 cm³/mol. The van der Waals surface area contributed by atoms with Gasteiger partial charge in [-0.15, -0.1) is 0 Å². The molecule has 1 aromatic carbocycles. The van der Waals surface area contributed by atoms with Gasteiger partial charge in [0.1, 0.15) is 0 Å². The van der Waals surface area contributed by atoms with Crippen molar-refractivity contribution in [2.24, 2.45) is 0 Å². The third-order valence-corrected chi connectivity index (χ3v) is 3.37. The first kappa shape index (κ1) is 16.7. The molecule has 0 spiro atoms. The van der Waals surface area contributed by atoms with Crippen LogP contribution in [0.1, 0.15) is 69.3 Å². The first-order chi connectivity index (χ1) is 9.45. The summed E-state index contributed by atoms with van der Waals surface area (Å²) in [5, 5.41) is 0. The van der Waals surface area contributed by atoms with E-state index < -0.39 is 0 Å². The molecule has 0 unspecified atom stereocenters. The molecular formula is C17H28N2O. The maximum atomic E-state index is 11.9. The summed E-state index contributed by atoms with van der Waals surface area (Å²) in [4.78, 5) is 11.9. The van der Waals surface area contributed by atoms with Crippen LogP contribution in [0.2, 0.25) is 0 Å². The fourth-order valence-corrected chi connectivity index (χ4v) is 1.98. The highest BCUT2D eigenvalue weighted by Gasteiger charge is 2.14. The highest BCUT2D eigenvalue weighted by atomic mass is 16.2. The molecule has 0 aliphatic rings. The largest absolute Gasteiger partial charge is 0.287 e. The second-order valence-corrected chi connectivity index (χ2v) is 6.27. The molecule has 0 heterocycles. The van der Waals surface area contributed by atoms with Crippen LogP contribution in [0.4, 0.5) is 0 Å². The Hall–Kier alpha value is -1.35. The molecular weight excluding hydrogens is 248 g/mol. The van der Waals surface area contributed by atoms with Crippen molar-refractivity contribution in [1.29, 1.82) is 0 Å². The maximum Gasteiger partial charge on any atom is 0.265 e. The van der Waals surface area contributed by atoms with Crippen LogP contribution in [0.25, 0.3) is 0 Å². The van der Waals surface area contributed by atoms with Gasteiger partial charge < -0.3 is 0 Å². The highest BCUT2D eigenvalue weighted by Crippen LogP contribution is 2.22. The van der Waals surface area contributed by atoms with Crippen LogP contribution < -0.4 is 10.9 Å². The molecule has 0 saturated carbocycles. The SMILES string of the molecule is CCCCCCNNC(=O)c1ccc(C(C)(C)C)cc1. The lowest BCUT2D eigenvalue weighted by Crippen LogP contribution is -2.37. The van der Waals surface area contributed by atoms with Crippen molar-refractivity contribution in [3.63, 3.8) is 0 Å². The average Bonchev–Trinajstić information content (AvgIpc) is 2.41. The van der Waals surface area contributed by atoms with E-state index in [-0.39, 0.29) is 11.3 Å². The van der Waals surface area contributed by atoms with Gasteiger partial charge in [0.25, 0.3) is 5.91 Å². The highest BCUT2D eigenvalue weighted by molar-refractivity contribution is 5.93. The predicted octanol–water partition coefficient (Wildman–Crippen LogP) is 3.80. The number of hydrogen-bond acceptors (Lipinski definition) is 2. The summed E-state index contributed by atoms with van der Waals surface area (Å²) < 4.78 is 0. The maximum absolute atomic E-state index is 11.9. The van der Waals surface area contributed by atoms with Gasteiger partial charge in [0, 0.05) is 12.1 Å². The summed E-state index contributed by atoms with van der Waals surface area (Å²) in [6, 6.07) is 7.82. The van der Waals surface area contributed by atoms with Crippen LogP contribution in [0.3, 0.4) is 0 Å². The zero-order chi connectivity index (χ0) is 15.0. The number of benzene rings is 1. The number of carbonyl (C=O) groups excluding carboxylic acids is 1. The van der Waals surface area contributed by atoms with Gasteiger partial charge in [0.15, 0.2) is 0 Å². The molecule has 0 saturated heterocycles. The Morgan fingerprint density at radius 2 is 1.70 bits per heavy atom. The van der Waals surface area contributed by atoms with Crippen LogP contribution >= 0.6 is 0 Å². The number of hydrazine groups is 1. The summed E-state index contributed by atoms with van der Waals surface area (Å²) in [7, 11) is 0. The van der Waals surface area contributed by atoms with Gasteiger partial charge in [0.05, 0.1) is 0 Å². The molecule has 112 valence electrons. The average molecular weight is 276 g/mol. The van der Waals surface area contributed by atoms with Crippen LogP contribution in [-0.4, -0.2) is 12.5 Å². The summed E-state index contributed by atoms with van der Waals surface area (Å²) in [6.07, 6.45) is 4.78. The molecule has 0 aromatic heterocycles. The zero-order valence-corrected chi connectivity index (χ0v) is 13.3. The van der Waals surface area contributed by atoms with Crippen molar-refractivity contribution in [2.75, 3.05) is 6.54 Å². The van der Waals surface area contributed by atoms with E-state index >= 15 is 0 Å². The molecule has 0 fully saturated rings. The molecule has 0 atom stereocenters. The number of unbranched alkanes of at least 4 members (excludes halogenated alkanes) is 3. The molecule has 2 N–H and O–H groups in total. The first-order valence-corrected chi connectivity index (χ1v) is 7.59. The van der Waals surface area contributed by atoms with Gasteiger partial charge in [-0.05, 0) is 29.5 Å². The van der Waals surface area contributed by atoms with Crippen molar-refractivity contribution in [3.05, 3.63) is 35.4 Å². The Morgan fingerprint density at radius 3 is 2.25 bits per heavy atom. The second-order valence-electron chi connectivity index (χ2n) is 6.27. The summed E-state index contributed by atoms with van der Waals surface area (Å²) in [5.74, 6) is -0.0686. The van der Waals surface area contributed by atoms with Crippen molar-refractivity contribution in [1.82, 2.24) is 10.9 Å². The number of carbonyl (C=O) groups is 1. The topological polar surface area (TPSA) is 41.1 Å². The first-order valence-electron chi connectivity index (χ1n) is 7.59. The van der Waals surface area contributed by atoms with E-state index in [2.05, 4.69) is 38.5 Å². The minimum atomic E-state index is -0.0686. The van der Waals surface area contributed by atoms with E-state index in [1.807, 2.05) is 24.3 Å². The normalized spacial score (nSPS) is 11.4. The Morgan fingerprint density at radius 1 is 1.05 bits per heavy atom. The molecule has 0 aliphatic heterocycles. The van der Waals surface area contributed by atoms with Gasteiger partial charge in [-0.2, -0.15) is 0 Å². The quantitative estimate of drug-likeness (QED) is 0.587. The smallest absolute Gasteiger partial charge is 0.265 e. The lowest BCUT2D eigenvalue weighted by molar-refractivity contribution is 0.0933. The molecule has 0 radical (unpaired) electrons. The summed E-state index contributed by atoms with van der Waals surface area (Å²) in [6.45, 7) is 9.52. The minimum Gasteiger partial charge on any atom is -0.287 e. The number of rotatable bonds is 7. The fourth-order valence-electron chi connectivity index (χ4n) is 1.98. The van der Waals surface area contributed by atoms with Crippen LogP contribution in [0.5, 0.6) is 0 Å². The van der Waals surface area contributed by atoms with Gasteiger partial charge in [-0.25, -0.2) is 5.43 Å². The standard InChI is InChI=1S/C17H28N2O/c1-5-6-7-8-13-18-19-16(20)14-9-11-15(12-10-14)17(2,3)4/h9-12,18H,5-8,13H2,1-4H3,(H,19,20). The van der Waals surface area contributed by atoms with Gasteiger partial charge >= 0.3 is 0 Å². The molecule has 20 heavy (non-hydrogen) atoms. The van der Waals surface area contributed by atoms with E-state index in [0.29, 0.717) is 5.56 Å². The number of amides is 1. The van der Waals surface area contributed by atoms with E-state index in [9.17, 15) is 4.79 Å². The Labute approximate surface area is 123 Å². The summed E-state index contributed by atoms with van der Waals surface area (Å²) in [5.41, 5.74) is 7.78. The van der Waals surface area contributed by atoms with Crippen molar-refractivity contribution in [3.8, 4) is 0 Å². The van der Waals surface area contributed by atoms with E-state index in [0.717, 1.165) is 13.0 Å². The minimum absolute atomic E-state index is 0.0686. The van der Waals surface area contributed by atoms with Crippen molar-refractivity contribution >= 4 is 5.91 Å². The molecule has 1 aromatic rings. The molecule has 0 aliphatic carbocycles. The Bertz CT molecular complexity index is 404. The monoisotopic (exact) mass is 276 g/mol. The third kappa shape index (κ3) is 5.74. The van der Waals surface area contributed by atoms with E-state index in [4.69, 9.17) is 0 Å². The van der Waals surface area contributed by atoms with Crippen LogP contribution in [0.15, 0.2) is 24.3 Å². The van der Waals surface area contributed by atoms with E-state index in [1.165, 1.54) is 24.8 Å². The van der Waals surface area contributed by atoms with Gasteiger partial charge in [-0.1, -0.05) is 59.1 Å². The van der Waals surface area contributed by atoms with Gasteiger partial charge in [-0.3, -0.25) is 10.2 Å². The van der Waals surface area contributed by atoms with Crippen LogP contribution in [-0.2, 0) is 5.41 Å². The lowest BCUT2D eigenvalue weighted by Gasteiger charge is -2.19. The molecule has 0 bridgehead atoms. The van der Waals surface area contributed by atoms with Crippen LogP contribution in [0, 0.1) is 0 Å². The second kappa shape index (κ2) is 8.05. The van der Waals surface area contributed by atoms with Gasteiger partial charge in [0.2, 0.25) is 0 Å². The molecule has 3 heteroatoms. The molecule has 1 rings (SSSR count). The molecule has 1 amide bonds. The number of nitrogens with one attached hydrogen (secondary N) is 2.